The molecule has 3 N–H and O–H groups in total. The summed E-state index contributed by atoms with van der Waals surface area (Å²) in [4.78, 5) is 16.5. The summed E-state index contributed by atoms with van der Waals surface area (Å²) in [6.07, 6.45) is 5.67. The van der Waals surface area contributed by atoms with Crippen molar-refractivity contribution in [2.75, 3.05) is 19.6 Å². The Morgan fingerprint density at radius 2 is 1.79 bits per heavy atom. The van der Waals surface area contributed by atoms with Crippen molar-refractivity contribution in [1.29, 1.82) is 0 Å². The molecule has 132 valence electrons. The van der Waals surface area contributed by atoms with Crippen molar-refractivity contribution in [1.82, 2.24) is 16.0 Å². The van der Waals surface area contributed by atoms with Crippen LogP contribution in [0.1, 0.15) is 44.6 Å². The van der Waals surface area contributed by atoms with Crippen molar-refractivity contribution in [3.05, 3.63) is 35.9 Å². The molecule has 5 nitrogen and oxygen atoms in total. The van der Waals surface area contributed by atoms with Crippen LogP contribution in [0.25, 0.3) is 0 Å². The van der Waals surface area contributed by atoms with E-state index in [0.29, 0.717) is 32.0 Å². The third kappa shape index (κ3) is 7.02. The van der Waals surface area contributed by atoms with E-state index in [-0.39, 0.29) is 5.91 Å². The van der Waals surface area contributed by atoms with Crippen LogP contribution in [0.4, 0.5) is 0 Å². The summed E-state index contributed by atoms with van der Waals surface area (Å²) in [5.41, 5.74) is 1.18. The third-order valence-corrected chi connectivity index (χ3v) is 4.30. The molecule has 0 unspecified atom stereocenters. The second kappa shape index (κ2) is 10.7. The fraction of sp³-hybridized carbons (Fsp3) is 0.579. The Kier molecular flexibility index (Phi) is 8.15. The predicted molar refractivity (Wildman–Crippen MR) is 98.8 cm³/mol. The highest BCUT2D eigenvalue weighted by Crippen LogP contribution is 2.27. The fourth-order valence-electron chi connectivity index (χ4n) is 3.03. The van der Waals surface area contributed by atoms with Gasteiger partial charge >= 0.3 is 0 Å². The number of guanidine groups is 1. The van der Waals surface area contributed by atoms with Crippen molar-refractivity contribution in [3.63, 3.8) is 0 Å². The molecule has 1 fully saturated rings. The highest BCUT2D eigenvalue weighted by atomic mass is 16.1. The molecule has 1 aromatic carbocycles. The summed E-state index contributed by atoms with van der Waals surface area (Å²) in [6.45, 7) is 4.81. The van der Waals surface area contributed by atoms with Crippen LogP contribution in [0.3, 0.4) is 0 Å². The van der Waals surface area contributed by atoms with Crippen molar-refractivity contribution in [2.24, 2.45) is 10.9 Å². The Morgan fingerprint density at radius 1 is 1.08 bits per heavy atom. The number of nitrogens with one attached hydrogen (secondary N) is 3. The summed E-state index contributed by atoms with van der Waals surface area (Å²) >= 11 is 0. The highest BCUT2D eigenvalue weighted by molar-refractivity contribution is 5.80. The maximum atomic E-state index is 11.9. The van der Waals surface area contributed by atoms with Gasteiger partial charge in [-0.1, -0.05) is 43.2 Å². The third-order valence-electron chi connectivity index (χ3n) is 4.30. The summed E-state index contributed by atoms with van der Waals surface area (Å²) in [6, 6.07) is 10.2. The Bertz CT molecular complexity index is 509. The molecular weight excluding hydrogens is 300 g/mol. The lowest BCUT2D eigenvalue weighted by atomic mass is 10.0. The van der Waals surface area contributed by atoms with Crippen molar-refractivity contribution in [3.8, 4) is 0 Å². The Hall–Kier alpha value is -2.04. The van der Waals surface area contributed by atoms with Gasteiger partial charge in [0.15, 0.2) is 5.96 Å². The first kappa shape index (κ1) is 18.3. The molecule has 0 bridgehead atoms. The first-order valence-electron chi connectivity index (χ1n) is 9.10. The minimum absolute atomic E-state index is 0.176. The van der Waals surface area contributed by atoms with Gasteiger partial charge in [-0.25, -0.2) is 4.99 Å². The first-order chi connectivity index (χ1) is 11.8. The van der Waals surface area contributed by atoms with Crippen molar-refractivity contribution < 1.29 is 4.79 Å². The molecule has 1 aliphatic rings. The van der Waals surface area contributed by atoms with Gasteiger partial charge in [0.05, 0.1) is 6.54 Å². The van der Waals surface area contributed by atoms with E-state index in [4.69, 9.17) is 0 Å². The van der Waals surface area contributed by atoms with E-state index in [9.17, 15) is 4.79 Å². The standard InChI is InChI=1S/C19H30N4O/c1-2-20-19(23-15-17-10-4-3-5-11-17)22-13-12-21-18(24)14-16-8-6-7-9-16/h3-5,10-11,16H,2,6-9,12-15H2,1H3,(H,21,24)(H2,20,22,23). The average molecular weight is 330 g/mol. The summed E-state index contributed by atoms with van der Waals surface area (Å²) in [5.74, 6) is 1.56. The molecule has 0 aromatic heterocycles. The van der Waals surface area contributed by atoms with Gasteiger partial charge in [-0.3, -0.25) is 4.79 Å². The molecule has 2 rings (SSSR count). The van der Waals surface area contributed by atoms with E-state index < -0.39 is 0 Å². The van der Waals surface area contributed by atoms with Gasteiger partial charge in [-0.05, 0) is 31.2 Å². The first-order valence-corrected chi connectivity index (χ1v) is 9.10. The van der Waals surface area contributed by atoms with Gasteiger partial charge < -0.3 is 16.0 Å². The normalized spacial score (nSPS) is 15.3. The van der Waals surface area contributed by atoms with E-state index in [0.717, 1.165) is 12.5 Å². The quantitative estimate of drug-likeness (QED) is 0.390. The molecule has 5 heteroatoms. The van der Waals surface area contributed by atoms with Gasteiger partial charge in [0.2, 0.25) is 5.91 Å². The van der Waals surface area contributed by atoms with Crippen LogP contribution in [0.2, 0.25) is 0 Å². The molecule has 0 atom stereocenters. The van der Waals surface area contributed by atoms with E-state index >= 15 is 0 Å². The van der Waals surface area contributed by atoms with E-state index in [1.165, 1.54) is 31.2 Å². The van der Waals surface area contributed by atoms with Crippen molar-refractivity contribution in [2.45, 2.75) is 45.6 Å². The zero-order chi connectivity index (χ0) is 17.0. The van der Waals surface area contributed by atoms with E-state index in [1.54, 1.807) is 0 Å². The zero-order valence-electron chi connectivity index (χ0n) is 14.7. The number of hydrogen-bond acceptors (Lipinski definition) is 2. The molecule has 0 saturated heterocycles. The van der Waals surface area contributed by atoms with Gasteiger partial charge in [-0.2, -0.15) is 0 Å². The number of hydrogen-bond donors (Lipinski definition) is 3. The number of amides is 1. The molecule has 24 heavy (non-hydrogen) atoms. The number of benzene rings is 1. The molecule has 0 aliphatic heterocycles. The number of aliphatic imine (C=N–C) groups is 1. The Balaban J connectivity index is 1.66. The minimum atomic E-state index is 0.176. The largest absolute Gasteiger partial charge is 0.357 e. The lowest BCUT2D eigenvalue weighted by molar-refractivity contribution is -0.121. The lowest BCUT2D eigenvalue weighted by Crippen LogP contribution is -2.41. The van der Waals surface area contributed by atoms with Gasteiger partial charge in [0.25, 0.3) is 0 Å². The second-order valence-electron chi connectivity index (χ2n) is 6.31. The zero-order valence-corrected chi connectivity index (χ0v) is 14.7. The Morgan fingerprint density at radius 3 is 2.50 bits per heavy atom. The van der Waals surface area contributed by atoms with Crippen LogP contribution >= 0.6 is 0 Å². The monoisotopic (exact) mass is 330 g/mol. The van der Waals surface area contributed by atoms with E-state index in [2.05, 4.69) is 33.1 Å². The van der Waals surface area contributed by atoms with Crippen LogP contribution in [0, 0.1) is 5.92 Å². The maximum absolute atomic E-state index is 11.9. The van der Waals surface area contributed by atoms with E-state index in [1.807, 2.05) is 25.1 Å². The minimum Gasteiger partial charge on any atom is -0.357 e. The van der Waals surface area contributed by atoms with Crippen molar-refractivity contribution >= 4 is 11.9 Å². The van der Waals surface area contributed by atoms with Gasteiger partial charge in [-0.15, -0.1) is 0 Å². The second-order valence-corrected chi connectivity index (χ2v) is 6.31. The summed E-state index contributed by atoms with van der Waals surface area (Å²) in [5, 5.41) is 9.49. The van der Waals surface area contributed by atoms with Crippen LogP contribution in [0.5, 0.6) is 0 Å². The van der Waals surface area contributed by atoms with Gasteiger partial charge in [0, 0.05) is 26.1 Å². The SMILES string of the molecule is CCNC(=NCc1ccccc1)NCCNC(=O)CC1CCCC1. The Labute approximate surface area is 145 Å². The van der Waals surface area contributed by atoms with Crippen LogP contribution in [0.15, 0.2) is 35.3 Å². The summed E-state index contributed by atoms with van der Waals surface area (Å²) in [7, 11) is 0. The molecule has 1 saturated carbocycles. The number of carbonyl (C=O) groups excluding carboxylic acids is 1. The topological polar surface area (TPSA) is 65.5 Å². The molecule has 0 spiro atoms. The maximum Gasteiger partial charge on any atom is 0.220 e. The number of carbonyl (C=O) groups is 1. The molecular formula is C19H30N4O. The van der Waals surface area contributed by atoms with Crippen LogP contribution in [-0.2, 0) is 11.3 Å². The molecule has 0 heterocycles. The lowest BCUT2D eigenvalue weighted by Gasteiger charge is -2.13. The smallest absolute Gasteiger partial charge is 0.220 e. The molecule has 1 aliphatic carbocycles. The molecule has 1 amide bonds. The number of nitrogens with zero attached hydrogens (tertiary/aromatic N) is 1. The van der Waals surface area contributed by atoms with Crippen LogP contribution in [-0.4, -0.2) is 31.5 Å². The number of rotatable bonds is 8. The fourth-order valence-corrected chi connectivity index (χ4v) is 3.03. The highest BCUT2D eigenvalue weighted by Gasteiger charge is 2.17. The summed E-state index contributed by atoms with van der Waals surface area (Å²) < 4.78 is 0. The average Bonchev–Trinajstić information content (AvgIpc) is 3.10. The van der Waals surface area contributed by atoms with Crippen LogP contribution < -0.4 is 16.0 Å². The predicted octanol–water partition coefficient (Wildman–Crippen LogP) is 2.44. The van der Waals surface area contributed by atoms with Gasteiger partial charge in [0.1, 0.15) is 0 Å². The molecule has 1 aromatic rings. The molecule has 0 radical (unpaired) electrons.